The Morgan fingerprint density at radius 2 is 2.00 bits per heavy atom. The van der Waals surface area contributed by atoms with Crippen LogP contribution in [0.15, 0.2) is 35.9 Å². The molecule has 6 heteroatoms. The lowest BCUT2D eigenvalue weighted by Crippen LogP contribution is -2.25. The Kier molecular flexibility index (Phi) is 6.08. The highest BCUT2D eigenvalue weighted by atomic mass is 16.5. The number of carbonyl (C=O) groups excluding carboxylic acids is 1. The van der Waals surface area contributed by atoms with E-state index in [0.717, 1.165) is 11.4 Å². The van der Waals surface area contributed by atoms with Crippen molar-refractivity contribution in [3.05, 3.63) is 52.9 Å². The van der Waals surface area contributed by atoms with Gasteiger partial charge in [0.25, 0.3) is 5.91 Å². The van der Waals surface area contributed by atoms with E-state index in [-0.39, 0.29) is 12.2 Å². The van der Waals surface area contributed by atoms with Crippen LogP contribution < -0.4 is 14.9 Å². The van der Waals surface area contributed by atoms with Crippen molar-refractivity contribution in [2.45, 2.75) is 13.8 Å². The number of nitrogens with one attached hydrogen (secondary N) is 1. The molecule has 0 aliphatic rings. The second kappa shape index (κ2) is 8.46. The molecule has 1 N–H and O–H groups in total. The zero-order valence-corrected chi connectivity index (χ0v) is 14.9. The molecule has 1 amide bonds. The van der Waals surface area contributed by atoms with Crippen LogP contribution in [0.2, 0.25) is 0 Å². The van der Waals surface area contributed by atoms with Gasteiger partial charge in [-0.1, -0.05) is 5.92 Å². The fourth-order valence-electron chi connectivity index (χ4n) is 2.33. The van der Waals surface area contributed by atoms with Gasteiger partial charge in [0.1, 0.15) is 29.7 Å². The lowest BCUT2D eigenvalue weighted by Gasteiger charge is -2.12. The third-order valence-electron chi connectivity index (χ3n) is 3.68. The molecule has 0 atom stereocenters. The van der Waals surface area contributed by atoms with Crippen LogP contribution in [0, 0.1) is 37.5 Å². The molecule has 0 aliphatic carbocycles. The van der Waals surface area contributed by atoms with Gasteiger partial charge < -0.3 is 9.47 Å². The smallest absolute Gasteiger partial charge is 0.280 e. The molecule has 2 aromatic rings. The molecule has 2 rings (SSSR count). The molecule has 0 aliphatic heterocycles. The van der Waals surface area contributed by atoms with E-state index >= 15 is 0 Å². The number of amides is 1. The molecule has 1 aromatic carbocycles. The predicted octanol–water partition coefficient (Wildman–Crippen LogP) is 2.80. The number of methoxy groups -OCH3 is 1. The molecule has 0 unspecified atom stereocenters. The molecule has 6 nitrogen and oxygen atoms in total. The Hall–Kier alpha value is -3.64. The third kappa shape index (κ3) is 4.25. The van der Waals surface area contributed by atoms with E-state index < -0.39 is 5.91 Å². The average Bonchev–Trinajstić information content (AvgIpc) is 2.96. The number of terminal acetylenes is 1. The second-order valence-corrected chi connectivity index (χ2v) is 5.46. The lowest BCUT2D eigenvalue weighted by atomic mass is 10.1. The van der Waals surface area contributed by atoms with Crippen molar-refractivity contribution in [1.29, 1.82) is 5.26 Å². The van der Waals surface area contributed by atoms with E-state index in [2.05, 4.69) is 11.3 Å². The fourth-order valence-corrected chi connectivity index (χ4v) is 2.33. The summed E-state index contributed by atoms with van der Waals surface area (Å²) in [5, 5.41) is 9.43. The SMILES string of the molecule is C#CCOc1ccc(OC)cc1/C=C(/C#N)C(=O)Nn1c(C)ccc1C. The number of ether oxygens (including phenoxy) is 2. The normalized spacial score (nSPS) is 10.6. The van der Waals surface area contributed by atoms with Crippen molar-refractivity contribution in [3.8, 4) is 29.9 Å². The Bertz CT molecular complexity index is 907. The number of hydrogen-bond donors (Lipinski definition) is 1. The Labute approximate surface area is 152 Å². The topological polar surface area (TPSA) is 76.3 Å². The van der Waals surface area contributed by atoms with Gasteiger partial charge in [-0.25, -0.2) is 0 Å². The minimum absolute atomic E-state index is 0.0724. The van der Waals surface area contributed by atoms with Gasteiger partial charge in [0.15, 0.2) is 0 Å². The summed E-state index contributed by atoms with van der Waals surface area (Å²) >= 11 is 0. The molecule has 0 radical (unpaired) electrons. The first-order valence-electron chi connectivity index (χ1n) is 7.82. The van der Waals surface area contributed by atoms with Crippen LogP contribution in [0.25, 0.3) is 6.08 Å². The maximum absolute atomic E-state index is 12.5. The van der Waals surface area contributed by atoms with Gasteiger partial charge in [0.05, 0.1) is 7.11 Å². The minimum atomic E-state index is -0.527. The molecule has 0 saturated carbocycles. The van der Waals surface area contributed by atoms with Crippen molar-refractivity contribution in [2.24, 2.45) is 0 Å². The van der Waals surface area contributed by atoms with Gasteiger partial charge in [-0.2, -0.15) is 5.26 Å². The monoisotopic (exact) mass is 349 g/mol. The van der Waals surface area contributed by atoms with Crippen LogP contribution >= 0.6 is 0 Å². The van der Waals surface area contributed by atoms with Crippen LogP contribution in [0.1, 0.15) is 17.0 Å². The number of benzene rings is 1. The van der Waals surface area contributed by atoms with Crippen molar-refractivity contribution in [2.75, 3.05) is 19.1 Å². The maximum Gasteiger partial charge on any atom is 0.280 e. The predicted molar refractivity (Wildman–Crippen MR) is 99.2 cm³/mol. The molecule has 0 bridgehead atoms. The summed E-state index contributed by atoms with van der Waals surface area (Å²) in [6.45, 7) is 3.79. The highest BCUT2D eigenvalue weighted by Crippen LogP contribution is 2.26. The van der Waals surface area contributed by atoms with Crippen LogP contribution in [-0.2, 0) is 4.79 Å². The molecular weight excluding hydrogens is 330 g/mol. The van der Waals surface area contributed by atoms with E-state index in [1.165, 1.54) is 13.2 Å². The number of nitrogens with zero attached hydrogens (tertiary/aromatic N) is 2. The Morgan fingerprint density at radius 1 is 1.31 bits per heavy atom. The van der Waals surface area contributed by atoms with Gasteiger partial charge in [-0.15, -0.1) is 6.42 Å². The summed E-state index contributed by atoms with van der Waals surface area (Å²) in [4.78, 5) is 12.5. The second-order valence-electron chi connectivity index (χ2n) is 5.46. The Morgan fingerprint density at radius 3 is 2.58 bits per heavy atom. The number of rotatable bonds is 6. The van der Waals surface area contributed by atoms with Gasteiger partial charge >= 0.3 is 0 Å². The Balaban J connectivity index is 2.37. The quantitative estimate of drug-likeness (QED) is 0.494. The van der Waals surface area contributed by atoms with E-state index in [0.29, 0.717) is 17.1 Å². The largest absolute Gasteiger partial charge is 0.497 e. The number of nitriles is 1. The van der Waals surface area contributed by atoms with Crippen LogP contribution in [0.4, 0.5) is 0 Å². The maximum atomic E-state index is 12.5. The van der Waals surface area contributed by atoms with Crippen LogP contribution in [0.3, 0.4) is 0 Å². The molecule has 0 fully saturated rings. The fraction of sp³-hybridized carbons (Fsp3) is 0.200. The third-order valence-corrected chi connectivity index (χ3v) is 3.68. The van der Waals surface area contributed by atoms with Crippen molar-refractivity contribution in [3.63, 3.8) is 0 Å². The first kappa shape index (κ1) is 18.7. The number of aryl methyl sites for hydroxylation is 2. The molecule has 26 heavy (non-hydrogen) atoms. The molecule has 132 valence electrons. The van der Waals surface area contributed by atoms with Crippen molar-refractivity contribution < 1.29 is 14.3 Å². The van der Waals surface area contributed by atoms with Crippen LogP contribution in [-0.4, -0.2) is 24.3 Å². The number of carbonyl (C=O) groups is 1. The highest BCUT2D eigenvalue weighted by molar-refractivity contribution is 6.06. The van der Waals surface area contributed by atoms with Gasteiger partial charge in [0, 0.05) is 17.0 Å². The summed E-state index contributed by atoms with van der Waals surface area (Å²) in [5.41, 5.74) is 4.86. The number of aromatic nitrogens is 1. The van der Waals surface area contributed by atoms with E-state index in [9.17, 15) is 10.1 Å². The summed E-state index contributed by atoms with van der Waals surface area (Å²) in [6, 6.07) is 10.7. The summed E-state index contributed by atoms with van der Waals surface area (Å²) in [6.07, 6.45) is 6.67. The summed E-state index contributed by atoms with van der Waals surface area (Å²) in [7, 11) is 1.53. The first-order valence-corrected chi connectivity index (χ1v) is 7.82. The molecule has 0 saturated heterocycles. The van der Waals surface area contributed by atoms with E-state index in [1.54, 1.807) is 22.9 Å². The molecular formula is C20H19N3O3. The summed E-state index contributed by atoms with van der Waals surface area (Å²) < 4.78 is 12.3. The average molecular weight is 349 g/mol. The van der Waals surface area contributed by atoms with Gasteiger partial charge in [0.2, 0.25) is 0 Å². The molecule has 1 aromatic heterocycles. The van der Waals surface area contributed by atoms with Crippen molar-refractivity contribution in [1.82, 2.24) is 4.68 Å². The highest BCUT2D eigenvalue weighted by Gasteiger charge is 2.13. The first-order chi connectivity index (χ1) is 12.5. The zero-order valence-electron chi connectivity index (χ0n) is 14.9. The van der Waals surface area contributed by atoms with Gasteiger partial charge in [-0.3, -0.25) is 14.9 Å². The van der Waals surface area contributed by atoms with E-state index in [1.807, 2.05) is 32.0 Å². The zero-order chi connectivity index (χ0) is 19.1. The van der Waals surface area contributed by atoms with Gasteiger partial charge in [-0.05, 0) is 50.3 Å². The standard InChI is InChI=1S/C20H19N3O3/c1-5-10-26-19-9-8-18(25-4)12-16(19)11-17(13-21)20(24)22-23-14(2)6-7-15(23)3/h1,6-9,11-12H,10H2,2-4H3,(H,22,24)/b17-11-. The van der Waals surface area contributed by atoms with E-state index in [4.69, 9.17) is 15.9 Å². The van der Waals surface area contributed by atoms with Crippen molar-refractivity contribution >= 4 is 12.0 Å². The molecule has 1 heterocycles. The lowest BCUT2D eigenvalue weighted by molar-refractivity contribution is -0.113. The summed E-state index contributed by atoms with van der Waals surface area (Å²) in [5.74, 6) is 2.88. The number of hydrogen-bond acceptors (Lipinski definition) is 4. The van der Waals surface area contributed by atoms with Crippen LogP contribution in [0.5, 0.6) is 11.5 Å². The minimum Gasteiger partial charge on any atom is -0.497 e. The molecule has 0 spiro atoms.